The molecule has 0 spiro atoms. The van der Waals surface area contributed by atoms with E-state index in [2.05, 4.69) is 23.0 Å². The van der Waals surface area contributed by atoms with Crippen LogP contribution in [0.2, 0.25) is 0 Å². The predicted molar refractivity (Wildman–Crippen MR) is 63.9 cm³/mol. The van der Waals surface area contributed by atoms with E-state index in [4.69, 9.17) is 5.73 Å². The minimum Gasteiger partial charge on any atom is -0.368 e. The zero-order valence-corrected chi connectivity index (χ0v) is 10.3. The average molecular weight is 218 g/mol. The molecule has 1 aromatic rings. The summed E-state index contributed by atoms with van der Waals surface area (Å²) in [5.74, 6) is 0.257. The number of rotatable bonds is 2. The predicted octanol–water partition coefficient (Wildman–Crippen LogP) is 2.18. The van der Waals surface area contributed by atoms with Crippen molar-refractivity contribution in [2.24, 2.45) is 0 Å². The summed E-state index contributed by atoms with van der Waals surface area (Å²) in [4.78, 5) is 8.35. The Morgan fingerprint density at radius 2 is 1.94 bits per heavy atom. The Bertz CT molecular complexity index is 424. The first-order valence-corrected chi connectivity index (χ1v) is 5.47. The van der Waals surface area contributed by atoms with Crippen molar-refractivity contribution in [2.75, 3.05) is 5.73 Å². The Balaban J connectivity index is 3.44. The van der Waals surface area contributed by atoms with Gasteiger partial charge in [-0.3, -0.25) is 0 Å². The number of nitrogen functional groups attached to an aromatic ring is 1. The van der Waals surface area contributed by atoms with Gasteiger partial charge in [0.15, 0.2) is 0 Å². The zero-order chi connectivity index (χ0) is 12.3. The number of nitrogens with two attached hydrogens (primary N) is 1. The van der Waals surface area contributed by atoms with Crippen LogP contribution in [0.15, 0.2) is 0 Å². The van der Waals surface area contributed by atoms with E-state index in [9.17, 15) is 5.26 Å². The molecule has 0 unspecified atom stereocenters. The van der Waals surface area contributed by atoms with E-state index in [1.165, 1.54) is 0 Å². The molecule has 1 heterocycles. The molecule has 0 fully saturated rings. The second-order valence-electron chi connectivity index (χ2n) is 4.86. The second-order valence-corrected chi connectivity index (χ2v) is 4.86. The highest BCUT2D eigenvalue weighted by molar-refractivity contribution is 5.43. The Labute approximate surface area is 96.5 Å². The number of hydrogen-bond acceptors (Lipinski definition) is 4. The number of aryl methyl sites for hydroxylation is 1. The summed E-state index contributed by atoms with van der Waals surface area (Å²) in [6, 6.07) is 2.20. The number of nitrogens with zero attached hydrogens (tertiary/aromatic N) is 3. The summed E-state index contributed by atoms with van der Waals surface area (Å²) in [6.07, 6.45) is 1.70. The van der Waals surface area contributed by atoms with Gasteiger partial charge in [0.25, 0.3) is 0 Å². The van der Waals surface area contributed by atoms with Gasteiger partial charge >= 0.3 is 0 Å². The van der Waals surface area contributed by atoms with Crippen LogP contribution in [0.4, 0.5) is 5.95 Å². The van der Waals surface area contributed by atoms with Crippen molar-refractivity contribution in [2.45, 2.75) is 46.0 Å². The number of hydrogen-bond donors (Lipinski definition) is 1. The average Bonchev–Trinajstić information content (AvgIpc) is 2.16. The maximum atomic E-state index is 9.21. The van der Waals surface area contributed by atoms with Crippen LogP contribution in [-0.2, 0) is 11.8 Å². The Morgan fingerprint density at radius 1 is 1.31 bits per heavy atom. The van der Waals surface area contributed by atoms with Gasteiger partial charge in [-0.25, -0.2) is 9.97 Å². The second kappa shape index (κ2) is 4.48. The van der Waals surface area contributed by atoms with Crippen molar-refractivity contribution >= 4 is 5.95 Å². The third kappa shape index (κ3) is 2.48. The normalized spacial score (nSPS) is 11.2. The molecule has 2 N–H and O–H groups in total. The van der Waals surface area contributed by atoms with E-state index in [1.807, 2.05) is 20.8 Å². The lowest BCUT2D eigenvalue weighted by molar-refractivity contribution is 0.563. The maximum Gasteiger partial charge on any atom is 0.220 e. The monoisotopic (exact) mass is 218 g/mol. The largest absolute Gasteiger partial charge is 0.368 e. The van der Waals surface area contributed by atoms with Crippen LogP contribution in [0.25, 0.3) is 0 Å². The van der Waals surface area contributed by atoms with E-state index < -0.39 is 0 Å². The summed E-state index contributed by atoms with van der Waals surface area (Å²) in [6.45, 7) is 8.11. The van der Waals surface area contributed by atoms with Gasteiger partial charge in [-0.2, -0.15) is 5.26 Å². The van der Waals surface area contributed by atoms with Gasteiger partial charge in [-0.1, -0.05) is 34.1 Å². The Kier molecular flexibility index (Phi) is 3.48. The van der Waals surface area contributed by atoms with Crippen LogP contribution < -0.4 is 5.73 Å². The highest BCUT2D eigenvalue weighted by Gasteiger charge is 2.23. The van der Waals surface area contributed by atoms with Gasteiger partial charge in [0, 0.05) is 5.41 Å². The fraction of sp³-hybridized carbons (Fsp3) is 0.583. The van der Waals surface area contributed by atoms with Crippen LogP contribution in [-0.4, -0.2) is 9.97 Å². The molecule has 86 valence electrons. The molecular weight excluding hydrogens is 200 g/mol. The molecule has 0 atom stereocenters. The van der Waals surface area contributed by atoms with Crippen molar-refractivity contribution in [3.8, 4) is 6.07 Å². The molecule has 0 bridgehead atoms. The molecular formula is C12H18N4. The first kappa shape index (κ1) is 12.4. The van der Waals surface area contributed by atoms with Crippen LogP contribution in [0.1, 0.15) is 51.1 Å². The molecule has 4 heteroatoms. The standard InChI is InChI=1S/C12H18N4/c1-5-6-9-8(7-13)10(12(2,3)4)16-11(14)15-9/h5-6H2,1-4H3,(H2,14,15,16). The maximum absolute atomic E-state index is 9.21. The summed E-state index contributed by atoms with van der Waals surface area (Å²) in [5, 5.41) is 9.21. The molecule has 1 aromatic heterocycles. The van der Waals surface area contributed by atoms with Gasteiger partial charge in [-0.15, -0.1) is 0 Å². The summed E-state index contributed by atoms with van der Waals surface area (Å²) >= 11 is 0. The molecule has 4 nitrogen and oxygen atoms in total. The van der Waals surface area contributed by atoms with Crippen molar-refractivity contribution in [3.05, 3.63) is 17.0 Å². The van der Waals surface area contributed by atoms with Gasteiger partial charge in [0.1, 0.15) is 6.07 Å². The van der Waals surface area contributed by atoms with E-state index in [0.29, 0.717) is 5.56 Å². The van der Waals surface area contributed by atoms with Crippen molar-refractivity contribution in [3.63, 3.8) is 0 Å². The third-order valence-electron chi connectivity index (χ3n) is 2.31. The van der Waals surface area contributed by atoms with Crippen LogP contribution in [0.3, 0.4) is 0 Å². The topological polar surface area (TPSA) is 75.6 Å². The van der Waals surface area contributed by atoms with Crippen molar-refractivity contribution in [1.82, 2.24) is 9.97 Å². The molecule has 0 aliphatic heterocycles. The van der Waals surface area contributed by atoms with E-state index in [-0.39, 0.29) is 11.4 Å². The molecule has 0 aliphatic rings. The lowest BCUT2D eigenvalue weighted by Gasteiger charge is -2.20. The number of aromatic nitrogens is 2. The van der Waals surface area contributed by atoms with Crippen molar-refractivity contribution < 1.29 is 0 Å². The summed E-state index contributed by atoms with van der Waals surface area (Å²) < 4.78 is 0. The minimum absolute atomic E-state index is 0.190. The molecule has 16 heavy (non-hydrogen) atoms. The summed E-state index contributed by atoms with van der Waals surface area (Å²) in [5.41, 5.74) is 7.58. The highest BCUT2D eigenvalue weighted by Crippen LogP contribution is 2.26. The van der Waals surface area contributed by atoms with E-state index >= 15 is 0 Å². The molecule has 1 rings (SSSR count). The molecule has 0 saturated carbocycles. The third-order valence-corrected chi connectivity index (χ3v) is 2.31. The Hall–Kier alpha value is -1.63. The Morgan fingerprint density at radius 3 is 2.38 bits per heavy atom. The van der Waals surface area contributed by atoms with Gasteiger partial charge in [-0.05, 0) is 6.42 Å². The first-order chi connectivity index (χ1) is 7.40. The van der Waals surface area contributed by atoms with Gasteiger partial charge in [0.2, 0.25) is 5.95 Å². The van der Waals surface area contributed by atoms with Crippen molar-refractivity contribution in [1.29, 1.82) is 5.26 Å². The summed E-state index contributed by atoms with van der Waals surface area (Å²) in [7, 11) is 0. The van der Waals surface area contributed by atoms with Gasteiger partial charge in [0.05, 0.1) is 17.0 Å². The van der Waals surface area contributed by atoms with Crippen LogP contribution in [0.5, 0.6) is 0 Å². The molecule has 0 aliphatic carbocycles. The fourth-order valence-electron chi connectivity index (χ4n) is 1.60. The number of anilines is 1. The fourth-order valence-corrected chi connectivity index (χ4v) is 1.60. The van der Waals surface area contributed by atoms with Crippen LogP contribution >= 0.6 is 0 Å². The smallest absolute Gasteiger partial charge is 0.220 e. The van der Waals surface area contributed by atoms with Gasteiger partial charge < -0.3 is 5.73 Å². The molecule has 0 amide bonds. The number of nitriles is 1. The van der Waals surface area contributed by atoms with E-state index in [1.54, 1.807) is 0 Å². The van der Waals surface area contributed by atoms with E-state index in [0.717, 1.165) is 24.2 Å². The molecule has 0 aromatic carbocycles. The molecule has 0 saturated heterocycles. The quantitative estimate of drug-likeness (QED) is 0.825. The SMILES string of the molecule is CCCc1nc(N)nc(C(C)(C)C)c1C#N. The zero-order valence-electron chi connectivity index (χ0n) is 10.3. The highest BCUT2D eigenvalue weighted by atomic mass is 15.0. The first-order valence-electron chi connectivity index (χ1n) is 5.47. The lowest BCUT2D eigenvalue weighted by Crippen LogP contribution is -2.19. The molecule has 0 radical (unpaired) electrons. The van der Waals surface area contributed by atoms with Crippen LogP contribution in [0, 0.1) is 11.3 Å². The lowest BCUT2D eigenvalue weighted by atomic mass is 9.87. The minimum atomic E-state index is -0.190.